The van der Waals surface area contributed by atoms with E-state index in [0.29, 0.717) is 15.6 Å². The Kier molecular flexibility index (Phi) is 5.06. The number of halogens is 2. The number of nitrogens with two attached hydrogens (primary N) is 1. The van der Waals surface area contributed by atoms with Gasteiger partial charge in [-0.15, -0.1) is 0 Å². The lowest BCUT2D eigenvalue weighted by Crippen LogP contribution is -2.52. The van der Waals surface area contributed by atoms with Crippen LogP contribution in [0.5, 0.6) is 0 Å². The maximum absolute atomic E-state index is 12.5. The Morgan fingerprint density at radius 2 is 1.73 bits per heavy atom. The number of amides is 1. The number of rotatable bonds is 4. The molecule has 0 saturated heterocycles. The summed E-state index contributed by atoms with van der Waals surface area (Å²) in [4.78, 5) is 12.6. The Morgan fingerprint density at radius 1 is 1.14 bits per heavy atom. The zero-order chi connectivity index (χ0) is 16.3. The van der Waals surface area contributed by atoms with Crippen LogP contribution in [0.15, 0.2) is 48.5 Å². The Morgan fingerprint density at radius 3 is 2.27 bits per heavy atom. The Balaban J connectivity index is 2.37. The molecule has 2 aromatic rings. The molecule has 3 N–H and O–H groups in total. The zero-order valence-corrected chi connectivity index (χ0v) is 14.1. The highest BCUT2D eigenvalue weighted by atomic mass is 35.5. The van der Waals surface area contributed by atoms with Crippen LogP contribution in [0.3, 0.4) is 0 Å². The van der Waals surface area contributed by atoms with E-state index in [1.54, 1.807) is 55.5 Å². The van der Waals surface area contributed by atoms with E-state index in [0.717, 1.165) is 5.56 Å². The van der Waals surface area contributed by atoms with Crippen LogP contribution in [0.25, 0.3) is 0 Å². The highest BCUT2D eigenvalue weighted by Gasteiger charge is 2.32. The molecule has 0 spiro atoms. The van der Waals surface area contributed by atoms with Crippen molar-refractivity contribution >= 4 is 46.3 Å². The zero-order valence-electron chi connectivity index (χ0n) is 11.8. The first-order valence-electron chi connectivity index (χ1n) is 6.47. The maximum Gasteiger partial charge on any atom is 0.253 e. The molecule has 0 aliphatic heterocycles. The number of nitrogens with one attached hydrogen (secondary N) is 1. The minimum absolute atomic E-state index is 0.148. The lowest BCUT2D eigenvalue weighted by molar-refractivity contribution is 0.0927. The van der Waals surface area contributed by atoms with E-state index in [2.05, 4.69) is 5.32 Å². The second-order valence-corrected chi connectivity index (χ2v) is 6.21. The van der Waals surface area contributed by atoms with E-state index in [1.807, 2.05) is 0 Å². The van der Waals surface area contributed by atoms with Crippen LogP contribution in [0.1, 0.15) is 22.8 Å². The standard InChI is InChI=1S/C16H14Cl2N2OS/c1-16(15(19)22,10-6-8-11(17)9-7-10)20-14(21)12-4-2-3-5-13(12)18/h2-9H,1H3,(H2,19,22)(H,20,21). The molecule has 2 aromatic carbocycles. The fraction of sp³-hybridized carbons (Fsp3) is 0.125. The van der Waals surface area contributed by atoms with Gasteiger partial charge in [-0.3, -0.25) is 4.79 Å². The van der Waals surface area contributed by atoms with Gasteiger partial charge in [-0.05, 0) is 36.8 Å². The molecule has 1 atom stereocenters. The fourth-order valence-electron chi connectivity index (χ4n) is 2.00. The Hall–Kier alpha value is -1.62. The van der Waals surface area contributed by atoms with Gasteiger partial charge in [0.25, 0.3) is 5.91 Å². The SMILES string of the molecule is CC(NC(=O)c1ccccc1Cl)(C(N)=S)c1ccc(Cl)cc1. The summed E-state index contributed by atoms with van der Waals surface area (Å²) in [6.45, 7) is 1.74. The molecule has 0 bridgehead atoms. The van der Waals surface area contributed by atoms with E-state index in [1.165, 1.54) is 0 Å². The number of carbonyl (C=O) groups is 1. The van der Waals surface area contributed by atoms with Crippen molar-refractivity contribution in [1.29, 1.82) is 0 Å². The van der Waals surface area contributed by atoms with Crippen LogP contribution in [0, 0.1) is 0 Å². The number of hydrogen-bond acceptors (Lipinski definition) is 2. The van der Waals surface area contributed by atoms with Gasteiger partial charge in [-0.25, -0.2) is 0 Å². The maximum atomic E-state index is 12.5. The molecule has 1 amide bonds. The largest absolute Gasteiger partial charge is 0.391 e. The van der Waals surface area contributed by atoms with E-state index < -0.39 is 5.54 Å². The van der Waals surface area contributed by atoms with Gasteiger partial charge in [-0.1, -0.05) is 59.7 Å². The molecule has 0 heterocycles. The summed E-state index contributed by atoms with van der Waals surface area (Å²) < 4.78 is 0. The van der Waals surface area contributed by atoms with Crippen LogP contribution in [-0.4, -0.2) is 10.9 Å². The summed E-state index contributed by atoms with van der Waals surface area (Å²) in [5.74, 6) is -0.351. The van der Waals surface area contributed by atoms with Crippen LogP contribution < -0.4 is 11.1 Å². The van der Waals surface area contributed by atoms with Crippen molar-refractivity contribution in [2.24, 2.45) is 5.73 Å². The molecule has 6 heteroatoms. The topological polar surface area (TPSA) is 55.1 Å². The second-order valence-electron chi connectivity index (χ2n) is 4.93. The molecule has 0 aromatic heterocycles. The summed E-state index contributed by atoms with van der Waals surface area (Å²) in [6.07, 6.45) is 0. The minimum atomic E-state index is -1.00. The lowest BCUT2D eigenvalue weighted by atomic mass is 9.91. The molecule has 0 saturated carbocycles. The smallest absolute Gasteiger partial charge is 0.253 e. The molecule has 22 heavy (non-hydrogen) atoms. The summed E-state index contributed by atoms with van der Waals surface area (Å²) >= 11 is 17.1. The number of hydrogen-bond donors (Lipinski definition) is 2. The number of carbonyl (C=O) groups excluding carboxylic acids is 1. The third-order valence-electron chi connectivity index (χ3n) is 3.40. The third-order valence-corrected chi connectivity index (χ3v) is 4.39. The van der Waals surface area contributed by atoms with Crippen LogP contribution in [0.4, 0.5) is 0 Å². The Labute approximate surface area is 144 Å². The molecule has 0 fully saturated rings. The quantitative estimate of drug-likeness (QED) is 0.819. The van der Waals surface area contributed by atoms with Crippen LogP contribution in [0.2, 0.25) is 10.0 Å². The van der Waals surface area contributed by atoms with Gasteiger partial charge in [0.2, 0.25) is 0 Å². The van der Waals surface area contributed by atoms with Gasteiger partial charge < -0.3 is 11.1 Å². The first-order chi connectivity index (χ1) is 10.3. The molecular formula is C16H14Cl2N2OS. The van der Waals surface area contributed by atoms with Crippen molar-refractivity contribution in [2.75, 3.05) is 0 Å². The highest BCUT2D eigenvalue weighted by molar-refractivity contribution is 7.80. The third kappa shape index (κ3) is 3.40. The van der Waals surface area contributed by atoms with Crippen molar-refractivity contribution in [3.8, 4) is 0 Å². The summed E-state index contributed by atoms with van der Waals surface area (Å²) in [6, 6.07) is 13.8. The predicted molar refractivity (Wildman–Crippen MR) is 94.5 cm³/mol. The van der Waals surface area contributed by atoms with Crippen LogP contribution in [-0.2, 0) is 5.54 Å². The Bertz CT molecular complexity index is 718. The molecule has 3 nitrogen and oxygen atoms in total. The molecule has 0 aliphatic rings. The average Bonchev–Trinajstić information content (AvgIpc) is 2.47. The van der Waals surface area contributed by atoms with Gasteiger partial charge >= 0.3 is 0 Å². The van der Waals surface area contributed by atoms with Gasteiger partial charge in [0.15, 0.2) is 0 Å². The molecule has 0 radical (unpaired) electrons. The van der Waals surface area contributed by atoms with Crippen molar-refractivity contribution < 1.29 is 4.79 Å². The van der Waals surface area contributed by atoms with Gasteiger partial charge in [-0.2, -0.15) is 0 Å². The normalized spacial score (nSPS) is 13.2. The fourth-order valence-corrected chi connectivity index (χ4v) is 2.52. The molecule has 0 aliphatic carbocycles. The first kappa shape index (κ1) is 16.7. The minimum Gasteiger partial charge on any atom is -0.391 e. The van der Waals surface area contributed by atoms with E-state index in [9.17, 15) is 4.79 Å². The van der Waals surface area contributed by atoms with Crippen molar-refractivity contribution in [1.82, 2.24) is 5.32 Å². The molecule has 2 rings (SSSR count). The summed E-state index contributed by atoms with van der Waals surface area (Å²) in [7, 11) is 0. The predicted octanol–water partition coefficient (Wildman–Crippen LogP) is 3.92. The van der Waals surface area contributed by atoms with Crippen molar-refractivity contribution in [2.45, 2.75) is 12.5 Å². The summed E-state index contributed by atoms with van der Waals surface area (Å²) in [5, 5.41) is 3.80. The van der Waals surface area contributed by atoms with E-state index in [-0.39, 0.29) is 10.9 Å². The first-order valence-corrected chi connectivity index (χ1v) is 7.64. The van der Waals surface area contributed by atoms with E-state index in [4.69, 9.17) is 41.2 Å². The highest BCUT2D eigenvalue weighted by Crippen LogP contribution is 2.25. The number of thiocarbonyl (C=S) groups is 1. The van der Waals surface area contributed by atoms with Gasteiger partial charge in [0.1, 0.15) is 10.5 Å². The van der Waals surface area contributed by atoms with Crippen molar-refractivity contribution in [3.05, 3.63) is 69.7 Å². The van der Waals surface area contributed by atoms with E-state index >= 15 is 0 Å². The van der Waals surface area contributed by atoms with Crippen molar-refractivity contribution in [3.63, 3.8) is 0 Å². The van der Waals surface area contributed by atoms with Crippen LogP contribution >= 0.6 is 35.4 Å². The molecule has 1 unspecified atom stereocenters. The monoisotopic (exact) mass is 352 g/mol. The molecule has 114 valence electrons. The number of benzene rings is 2. The lowest BCUT2D eigenvalue weighted by Gasteiger charge is -2.30. The summed E-state index contributed by atoms with van der Waals surface area (Å²) in [5.41, 5.74) is 5.95. The van der Waals surface area contributed by atoms with Gasteiger partial charge in [0, 0.05) is 5.02 Å². The average molecular weight is 353 g/mol. The second kappa shape index (κ2) is 6.65. The molecular weight excluding hydrogens is 339 g/mol. The van der Waals surface area contributed by atoms with Gasteiger partial charge in [0.05, 0.1) is 10.6 Å².